The van der Waals surface area contributed by atoms with Crippen molar-refractivity contribution >= 4 is 34.9 Å². The molecule has 7 nitrogen and oxygen atoms in total. The first-order valence-electron chi connectivity index (χ1n) is 12.3. The number of hydrogen-bond donors (Lipinski definition) is 1. The average Bonchev–Trinajstić information content (AvgIpc) is 3.67. The molecule has 1 aliphatic heterocycles. The Bertz CT molecular complexity index is 1560. The van der Waals surface area contributed by atoms with E-state index < -0.39 is 5.97 Å². The van der Waals surface area contributed by atoms with E-state index in [-0.39, 0.29) is 12.2 Å². The van der Waals surface area contributed by atoms with Gasteiger partial charge in [-0.05, 0) is 67.8 Å². The number of carbonyl (C=O) groups is 1. The Labute approximate surface area is 229 Å². The first-order valence-corrected chi connectivity index (χ1v) is 13.0. The number of anilines is 1. The van der Waals surface area contributed by atoms with Gasteiger partial charge in [-0.15, -0.1) is 0 Å². The van der Waals surface area contributed by atoms with Crippen LogP contribution in [0.2, 0.25) is 10.0 Å². The number of hydrogen-bond acceptors (Lipinski definition) is 6. The summed E-state index contributed by atoms with van der Waals surface area (Å²) in [6.07, 6.45) is 2.09. The number of rotatable bonds is 6. The zero-order valence-corrected chi connectivity index (χ0v) is 22.3. The van der Waals surface area contributed by atoms with Gasteiger partial charge >= 0.3 is 5.97 Å². The Morgan fingerprint density at radius 1 is 1.13 bits per heavy atom. The zero-order chi connectivity index (χ0) is 26.6. The molecule has 194 valence electrons. The van der Waals surface area contributed by atoms with Crippen LogP contribution < -0.4 is 14.4 Å². The van der Waals surface area contributed by atoms with Gasteiger partial charge in [0.05, 0.1) is 26.9 Å². The second-order valence-corrected chi connectivity index (χ2v) is 10.5. The topological polar surface area (TPSA) is 85.0 Å². The lowest BCUT2D eigenvalue weighted by molar-refractivity contribution is 0.0696. The molecule has 1 fully saturated rings. The van der Waals surface area contributed by atoms with E-state index in [1.807, 2.05) is 31.0 Å². The van der Waals surface area contributed by atoms with Crippen LogP contribution in [-0.4, -0.2) is 23.3 Å². The van der Waals surface area contributed by atoms with E-state index in [2.05, 4.69) is 5.16 Å². The van der Waals surface area contributed by atoms with Gasteiger partial charge in [-0.3, -0.25) is 0 Å². The van der Waals surface area contributed by atoms with Crippen LogP contribution in [0.15, 0.2) is 53.1 Å². The zero-order valence-electron chi connectivity index (χ0n) is 20.8. The van der Waals surface area contributed by atoms with Crippen LogP contribution in [0.5, 0.6) is 17.2 Å². The first-order chi connectivity index (χ1) is 18.3. The van der Waals surface area contributed by atoms with Gasteiger partial charge in [0.25, 0.3) is 0 Å². The van der Waals surface area contributed by atoms with Crippen molar-refractivity contribution in [3.63, 3.8) is 0 Å². The molecule has 9 heteroatoms. The average molecular weight is 551 g/mol. The summed E-state index contributed by atoms with van der Waals surface area (Å²) >= 11 is 13.0. The molecule has 0 saturated heterocycles. The molecule has 0 bridgehead atoms. The second kappa shape index (κ2) is 9.57. The molecule has 0 unspecified atom stereocenters. The van der Waals surface area contributed by atoms with E-state index in [9.17, 15) is 9.90 Å². The third kappa shape index (κ3) is 4.36. The predicted octanol–water partition coefficient (Wildman–Crippen LogP) is 7.85. The number of carboxylic acid groups (broad SMARTS) is 1. The highest BCUT2D eigenvalue weighted by Crippen LogP contribution is 2.47. The molecule has 2 aliphatic rings. The highest BCUT2D eigenvalue weighted by Gasteiger charge is 2.34. The highest BCUT2D eigenvalue weighted by molar-refractivity contribution is 6.39. The lowest BCUT2D eigenvalue weighted by Crippen LogP contribution is -2.16. The Balaban J connectivity index is 1.32. The van der Waals surface area contributed by atoms with E-state index in [0.29, 0.717) is 51.0 Å². The molecule has 3 aromatic carbocycles. The maximum Gasteiger partial charge on any atom is 0.335 e. The Morgan fingerprint density at radius 2 is 1.89 bits per heavy atom. The summed E-state index contributed by atoms with van der Waals surface area (Å²) in [6.45, 7) is 2.80. The summed E-state index contributed by atoms with van der Waals surface area (Å²) < 4.78 is 18.3. The van der Waals surface area contributed by atoms with Crippen molar-refractivity contribution in [2.24, 2.45) is 0 Å². The summed E-state index contributed by atoms with van der Waals surface area (Å²) in [7, 11) is 1.95. The normalized spacial score (nSPS) is 14.4. The quantitative estimate of drug-likeness (QED) is 0.261. The smallest absolute Gasteiger partial charge is 0.335 e. The molecule has 0 radical (unpaired) electrons. The predicted molar refractivity (Wildman–Crippen MR) is 145 cm³/mol. The van der Waals surface area contributed by atoms with Crippen LogP contribution in [0.3, 0.4) is 0 Å². The van der Waals surface area contributed by atoms with Crippen molar-refractivity contribution < 1.29 is 23.9 Å². The largest absolute Gasteiger partial charge is 0.488 e. The third-order valence-electron chi connectivity index (χ3n) is 7.08. The number of fused-ring (bicyclic) bond motifs is 2. The molecule has 1 aliphatic carbocycles. The molecule has 4 aromatic rings. The number of aromatic nitrogens is 1. The summed E-state index contributed by atoms with van der Waals surface area (Å²) in [5.74, 6) is 2.00. The molecule has 0 atom stereocenters. The van der Waals surface area contributed by atoms with E-state index >= 15 is 0 Å². The van der Waals surface area contributed by atoms with Gasteiger partial charge in [0, 0.05) is 30.6 Å². The Morgan fingerprint density at radius 3 is 2.61 bits per heavy atom. The molecule has 0 spiro atoms. The fourth-order valence-corrected chi connectivity index (χ4v) is 5.42. The maximum atomic E-state index is 11.5. The van der Waals surface area contributed by atoms with Crippen LogP contribution in [0.4, 0.5) is 5.69 Å². The molecule has 1 saturated carbocycles. The third-order valence-corrected chi connectivity index (χ3v) is 7.71. The lowest BCUT2D eigenvalue weighted by atomic mass is 10.0. The van der Waals surface area contributed by atoms with Crippen LogP contribution in [0.25, 0.3) is 11.3 Å². The van der Waals surface area contributed by atoms with E-state index in [1.54, 1.807) is 36.4 Å². The maximum absolute atomic E-state index is 11.5. The minimum absolute atomic E-state index is 0.173. The van der Waals surface area contributed by atoms with Gasteiger partial charge in [-0.1, -0.05) is 34.4 Å². The van der Waals surface area contributed by atoms with Gasteiger partial charge in [-0.25, -0.2) is 4.79 Å². The Kier molecular flexibility index (Phi) is 6.20. The van der Waals surface area contributed by atoms with Crippen molar-refractivity contribution in [1.82, 2.24) is 5.16 Å². The van der Waals surface area contributed by atoms with Gasteiger partial charge < -0.3 is 24.0 Å². The van der Waals surface area contributed by atoms with Crippen LogP contribution in [0.1, 0.15) is 51.6 Å². The van der Waals surface area contributed by atoms with Gasteiger partial charge in [-0.2, -0.15) is 0 Å². The number of benzene rings is 3. The van der Waals surface area contributed by atoms with Crippen molar-refractivity contribution in [1.29, 1.82) is 0 Å². The highest BCUT2D eigenvalue weighted by atomic mass is 35.5. The molecule has 6 rings (SSSR count). The van der Waals surface area contributed by atoms with E-state index in [4.69, 9.17) is 37.2 Å². The fourth-order valence-electron chi connectivity index (χ4n) is 4.84. The van der Waals surface area contributed by atoms with Crippen molar-refractivity contribution in [3.8, 4) is 28.5 Å². The summed E-state index contributed by atoms with van der Waals surface area (Å²) in [5.41, 5.74) is 4.96. The SMILES string of the molecule is Cc1c(OCc2c(-c3c(Cl)cccc3Cl)noc2C2CC2)ccc2c1CN(C)c1ccc(C(=O)O)cc1O2. The Hall–Kier alpha value is -3.68. The molecule has 1 N–H and O–H groups in total. The fraction of sp³-hybridized carbons (Fsp3) is 0.241. The van der Waals surface area contributed by atoms with E-state index in [1.165, 1.54) is 0 Å². The lowest BCUT2D eigenvalue weighted by Gasteiger charge is -2.19. The molecule has 1 aromatic heterocycles. The minimum Gasteiger partial charge on any atom is -0.488 e. The molecule has 2 heterocycles. The van der Waals surface area contributed by atoms with Crippen molar-refractivity contribution in [3.05, 3.63) is 86.6 Å². The van der Waals surface area contributed by atoms with Crippen LogP contribution in [0, 0.1) is 6.92 Å². The number of halogens is 2. The molecular weight excluding hydrogens is 527 g/mol. The standard InChI is InChI=1S/C29H24Cl2N2O5/c1-15-18-13-33(2)22-9-8-17(29(34)35)12-25(22)37-24(18)11-10-23(15)36-14-19-27(32-38-28(19)16-6-7-16)26-20(30)4-3-5-21(26)31/h3-5,8-12,16H,6-7,13-14H2,1-2H3,(H,34,35). The minimum atomic E-state index is -1.000. The van der Waals surface area contributed by atoms with Gasteiger partial charge in [0.15, 0.2) is 5.75 Å². The summed E-state index contributed by atoms with van der Waals surface area (Å²) in [6, 6.07) is 14.0. The van der Waals surface area contributed by atoms with Crippen LogP contribution >= 0.6 is 23.2 Å². The van der Waals surface area contributed by atoms with Crippen molar-refractivity contribution in [2.75, 3.05) is 11.9 Å². The number of aromatic carboxylic acids is 1. The van der Waals surface area contributed by atoms with Gasteiger partial charge in [0.2, 0.25) is 0 Å². The molecule has 0 amide bonds. The number of nitrogens with zero attached hydrogens (tertiary/aromatic N) is 2. The van der Waals surface area contributed by atoms with E-state index in [0.717, 1.165) is 41.0 Å². The van der Waals surface area contributed by atoms with Crippen LogP contribution in [-0.2, 0) is 13.2 Å². The molecule has 38 heavy (non-hydrogen) atoms. The first kappa shape index (κ1) is 24.6. The van der Waals surface area contributed by atoms with Crippen molar-refractivity contribution in [2.45, 2.75) is 38.8 Å². The van der Waals surface area contributed by atoms with Gasteiger partial charge in [0.1, 0.15) is 29.6 Å². The number of carboxylic acids is 1. The second-order valence-electron chi connectivity index (χ2n) is 9.64. The summed E-state index contributed by atoms with van der Waals surface area (Å²) in [4.78, 5) is 13.5. The summed E-state index contributed by atoms with van der Waals surface area (Å²) in [5, 5.41) is 14.8. The number of ether oxygens (including phenoxy) is 2. The monoisotopic (exact) mass is 550 g/mol. The molecular formula is C29H24Cl2N2O5.